The van der Waals surface area contributed by atoms with E-state index >= 15 is 0 Å². The highest BCUT2D eigenvalue weighted by molar-refractivity contribution is 5.71. The van der Waals surface area contributed by atoms with Crippen molar-refractivity contribution in [3.05, 3.63) is 24.3 Å². The number of unbranched alkanes of at least 4 members (excludes halogenated alkanes) is 45. The lowest BCUT2D eigenvalue weighted by Crippen LogP contribution is -2.30. The fourth-order valence-corrected chi connectivity index (χ4v) is 9.84. The Labute approximate surface area is 449 Å². The maximum Gasteiger partial charge on any atom is 0.306 e. The van der Waals surface area contributed by atoms with Crippen LogP contribution in [0.4, 0.5) is 0 Å². The van der Waals surface area contributed by atoms with Gasteiger partial charge in [0.15, 0.2) is 6.10 Å². The zero-order chi connectivity index (χ0) is 52.2. The van der Waals surface area contributed by atoms with Crippen molar-refractivity contribution in [2.24, 2.45) is 0 Å². The summed E-state index contributed by atoms with van der Waals surface area (Å²) in [6.07, 6.45) is 73.7. The zero-order valence-corrected chi connectivity index (χ0v) is 48.7. The Bertz CT molecular complexity index is 1160. The summed E-state index contributed by atoms with van der Waals surface area (Å²) < 4.78 is 16.9. The Balaban J connectivity index is 4.01. The minimum Gasteiger partial charge on any atom is -0.462 e. The summed E-state index contributed by atoms with van der Waals surface area (Å²) in [6.45, 7) is 6.61. The maximum absolute atomic E-state index is 12.8. The van der Waals surface area contributed by atoms with Gasteiger partial charge in [-0.3, -0.25) is 14.4 Å². The van der Waals surface area contributed by atoms with Crippen molar-refractivity contribution in [1.82, 2.24) is 0 Å². The van der Waals surface area contributed by atoms with Crippen LogP contribution in [0.1, 0.15) is 361 Å². The molecule has 0 saturated heterocycles. The molecule has 0 saturated carbocycles. The minimum absolute atomic E-state index is 0.0718. The summed E-state index contributed by atoms with van der Waals surface area (Å²) in [5.41, 5.74) is 0. The molecule has 0 aromatic carbocycles. The summed E-state index contributed by atoms with van der Waals surface area (Å²) >= 11 is 0. The topological polar surface area (TPSA) is 78.9 Å². The Morgan fingerprint density at radius 2 is 0.528 bits per heavy atom. The van der Waals surface area contributed by atoms with E-state index in [-0.39, 0.29) is 31.1 Å². The van der Waals surface area contributed by atoms with Gasteiger partial charge in [0, 0.05) is 19.3 Å². The molecule has 1 atom stereocenters. The van der Waals surface area contributed by atoms with Gasteiger partial charge in [0.2, 0.25) is 0 Å². The van der Waals surface area contributed by atoms with Crippen molar-refractivity contribution < 1.29 is 28.6 Å². The van der Waals surface area contributed by atoms with Gasteiger partial charge in [-0.1, -0.05) is 321 Å². The van der Waals surface area contributed by atoms with Gasteiger partial charge >= 0.3 is 17.9 Å². The summed E-state index contributed by atoms with van der Waals surface area (Å²) in [4.78, 5) is 38.1. The number of esters is 3. The van der Waals surface area contributed by atoms with Crippen LogP contribution in [0.2, 0.25) is 0 Å². The Kier molecular flexibility index (Phi) is 59.6. The molecule has 72 heavy (non-hydrogen) atoms. The molecule has 6 nitrogen and oxygen atoms in total. The highest BCUT2D eigenvalue weighted by Gasteiger charge is 2.19. The Hall–Kier alpha value is -2.11. The van der Waals surface area contributed by atoms with Crippen LogP contribution >= 0.6 is 0 Å². The largest absolute Gasteiger partial charge is 0.462 e. The number of hydrogen-bond acceptors (Lipinski definition) is 6. The summed E-state index contributed by atoms with van der Waals surface area (Å²) in [5, 5.41) is 0. The van der Waals surface area contributed by atoms with E-state index in [0.717, 1.165) is 89.9 Å². The molecule has 0 aromatic rings. The highest BCUT2D eigenvalue weighted by atomic mass is 16.6. The number of carbonyl (C=O) groups is 3. The number of hydrogen-bond donors (Lipinski definition) is 0. The minimum atomic E-state index is -0.773. The van der Waals surface area contributed by atoms with Crippen LogP contribution in [0.3, 0.4) is 0 Å². The van der Waals surface area contributed by atoms with E-state index in [1.807, 2.05) is 0 Å². The van der Waals surface area contributed by atoms with Gasteiger partial charge in [0.05, 0.1) is 0 Å². The van der Waals surface area contributed by atoms with Gasteiger partial charge in [-0.05, 0) is 44.9 Å². The summed E-state index contributed by atoms with van der Waals surface area (Å²) in [7, 11) is 0. The van der Waals surface area contributed by atoms with Gasteiger partial charge in [-0.25, -0.2) is 0 Å². The average Bonchev–Trinajstić information content (AvgIpc) is 3.38. The molecular weight excluding hydrogens is 889 g/mol. The van der Waals surface area contributed by atoms with Crippen molar-refractivity contribution in [1.29, 1.82) is 0 Å². The molecule has 0 aromatic heterocycles. The highest BCUT2D eigenvalue weighted by Crippen LogP contribution is 2.18. The third-order valence-electron chi connectivity index (χ3n) is 14.7. The first-order valence-corrected chi connectivity index (χ1v) is 32.3. The van der Waals surface area contributed by atoms with E-state index in [0.29, 0.717) is 19.3 Å². The standard InChI is InChI=1S/C66H124O6/c1-4-7-10-13-16-19-22-24-25-26-27-28-29-30-31-32-33-34-35-36-37-38-39-40-41-43-44-47-50-53-56-59-65(68)71-62-63(61-70-64(67)58-55-52-49-46-21-18-15-12-9-6-3)72-66(69)60-57-54-51-48-45-42-23-20-17-14-11-8-5-2/h11,14,20,23,63H,4-10,12-13,15-19,21-22,24-62H2,1-3H3/b14-11-,23-20-. The van der Waals surface area contributed by atoms with Crippen LogP contribution in [-0.4, -0.2) is 37.2 Å². The lowest BCUT2D eigenvalue weighted by atomic mass is 10.0. The number of ether oxygens (including phenoxy) is 3. The number of allylic oxidation sites excluding steroid dienone is 4. The molecule has 0 fully saturated rings. The van der Waals surface area contributed by atoms with Gasteiger partial charge in [-0.15, -0.1) is 0 Å². The van der Waals surface area contributed by atoms with E-state index in [1.54, 1.807) is 0 Å². The first kappa shape index (κ1) is 69.9. The molecule has 0 heterocycles. The number of rotatable bonds is 60. The quantitative estimate of drug-likeness (QED) is 0.0261. The molecule has 1 unspecified atom stereocenters. The van der Waals surface area contributed by atoms with E-state index in [4.69, 9.17) is 14.2 Å². The molecule has 0 aliphatic heterocycles. The van der Waals surface area contributed by atoms with Crippen molar-refractivity contribution >= 4 is 17.9 Å². The third kappa shape index (κ3) is 58.8. The van der Waals surface area contributed by atoms with E-state index in [9.17, 15) is 14.4 Å². The van der Waals surface area contributed by atoms with Crippen molar-refractivity contribution in [3.8, 4) is 0 Å². The van der Waals surface area contributed by atoms with Crippen LogP contribution < -0.4 is 0 Å². The van der Waals surface area contributed by atoms with Crippen molar-refractivity contribution in [2.75, 3.05) is 13.2 Å². The molecule has 6 heteroatoms. The monoisotopic (exact) mass is 1010 g/mol. The SMILES string of the molecule is CCC/C=C\C/C=C\CCCCCCCC(=O)OC(COC(=O)CCCCCCCCCCCC)COC(=O)CCCCCCCCCCCCCCCCCCCCCCCCCCCCCCCCC. The molecular formula is C66H124O6. The van der Waals surface area contributed by atoms with Crippen molar-refractivity contribution in [2.45, 2.75) is 367 Å². The van der Waals surface area contributed by atoms with Crippen molar-refractivity contribution in [3.63, 3.8) is 0 Å². The molecule has 0 aliphatic rings. The van der Waals surface area contributed by atoms with E-state index in [2.05, 4.69) is 45.1 Å². The van der Waals surface area contributed by atoms with Crippen LogP contribution in [-0.2, 0) is 28.6 Å². The lowest BCUT2D eigenvalue weighted by Gasteiger charge is -2.18. The third-order valence-corrected chi connectivity index (χ3v) is 14.7. The zero-order valence-electron chi connectivity index (χ0n) is 48.7. The molecule has 0 rings (SSSR count). The molecule has 0 amide bonds. The smallest absolute Gasteiger partial charge is 0.306 e. The fourth-order valence-electron chi connectivity index (χ4n) is 9.84. The van der Waals surface area contributed by atoms with Crippen LogP contribution in [0.15, 0.2) is 24.3 Å². The predicted molar refractivity (Wildman–Crippen MR) is 312 cm³/mol. The van der Waals surface area contributed by atoms with E-state index < -0.39 is 6.10 Å². The van der Waals surface area contributed by atoms with Gasteiger partial charge in [0.1, 0.15) is 13.2 Å². The predicted octanol–water partition coefficient (Wildman–Crippen LogP) is 21.8. The lowest BCUT2D eigenvalue weighted by molar-refractivity contribution is -0.167. The molecule has 0 aliphatic carbocycles. The average molecular weight is 1010 g/mol. The first-order chi connectivity index (χ1) is 35.5. The molecule has 0 radical (unpaired) electrons. The van der Waals surface area contributed by atoms with Gasteiger partial charge in [-0.2, -0.15) is 0 Å². The van der Waals surface area contributed by atoms with Crippen LogP contribution in [0, 0.1) is 0 Å². The second-order valence-corrected chi connectivity index (χ2v) is 22.0. The van der Waals surface area contributed by atoms with Gasteiger partial charge in [0.25, 0.3) is 0 Å². The van der Waals surface area contributed by atoms with E-state index in [1.165, 1.54) is 231 Å². The normalized spacial score (nSPS) is 12.1. The summed E-state index contributed by atoms with van der Waals surface area (Å²) in [5.74, 6) is -0.867. The first-order valence-electron chi connectivity index (χ1n) is 32.3. The Morgan fingerprint density at radius 3 is 0.819 bits per heavy atom. The Morgan fingerprint density at radius 1 is 0.278 bits per heavy atom. The second kappa shape index (κ2) is 61.4. The molecule has 0 N–H and O–H groups in total. The second-order valence-electron chi connectivity index (χ2n) is 22.0. The molecule has 0 bridgehead atoms. The fraction of sp³-hybridized carbons (Fsp3) is 0.894. The van der Waals surface area contributed by atoms with Crippen LogP contribution in [0.25, 0.3) is 0 Å². The number of carbonyl (C=O) groups excluding carboxylic acids is 3. The molecule has 424 valence electrons. The molecule has 0 spiro atoms. The summed E-state index contributed by atoms with van der Waals surface area (Å²) in [6, 6.07) is 0. The van der Waals surface area contributed by atoms with Crippen LogP contribution in [0.5, 0.6) is 0 Å². The van der Waals surface area contributed by atoms with Gasteiger partial charge < -0.3 is 14.2 Å². The maximum atomic E-state index is 12.8.